The average Bonchev–Trinajstić information content (AvgIpc) is 3.26. The molecule has 0 radical (unpaired) electrons. The fourth-order valence-corrected chi connectivity index (χ4v) is 2.09. The maximum atomic E-state index is 11.7. The molecular weight excluding hydrogens is 327 g/mol. The summed E-state index contributed by atoms with van der Waals surface area (Å²) in [5.74, 6) is 0.788. The van der Waals surface area contributed by atoms with Crippen molar-refractivity contribution >= 4 is 34.9 Å². The number of ether oxygens (including phenoxy) is 1. The zero-order valence-electron chi connectivity index (χ0n) is 11.3. The first kappa shape index (κ1) is 14.9. The number of amides is 2. The third-order valence-corrected chi connectivity index (χ3v) is 3.42. The molecule has 1 saturated carbocycles. The van der Waals surface area contributed by atoms with Crippen LogP contribution in [0.4, 0.5) is 10.5 Å². The molecule has 2 aromatic rings. The summed E-state index contributed by atoms with van der Waals surface area (Å²) in [7, 11) is 0. The van der Waals surface area contributed by atoms with Gasteiger partial charge in [0.1, 0.15) is 5.75 Å². The summed E-state index contributed by atoms with van der Waals surface area (Å²) in [6, 6.07) is 6.52. The van der Waals surface area contributed by atoms with E-state index in [2.05, 4.69) is 20.6 Å². The maximum absolute atomic E-state index is 11.7. The number of anilines is 1. The van der Waals surface area contributed by atoms with E-state index in [0.29, 0.717) is 22.3 Å². The Hall–Kier alpha value is -2.05. The molecule has 1 aliphatic carbocycles. The van der Waals surface area contributed by atoms with Crippen LogP contribution in [0.5, 0.6) is 11.6 Å². The molecule has 0 saturated heterocycles. The zero-order chi connectivity index (χ0) is 15.5. The normalized spacial score (nSPS) is 13.5. The average molecular weight is 339 g/mol. The minimum Gasteiger partial charge on any atom is -0.439 e. The molecule has 0 spiro atoms. The highest BCUT2D eigenvalue weighted by atomic mass is 35.5. The van der Waals surface area contributed by atoms with Crippen LogP contribution in [-0.2, 0) is 0 Å². The first-order valence-corrected chi connectivity index (χ1v) is 7.39. The van der Waals surface area contributed by atoms with Gasteiger partial charge in [-0.05, 0) is 36.6 Å². The highest BCUT2D eigenvalue weighted by Gasteiger charge is 2.23. The molecule has 1 aromatic heterocycles. The van der Waals surface area contributed by atoms with E-state index >= 15 is 0 Å². The number of urea groups is 1. The molecule has 1 aliphatic rings. The molecule has 1 heterocycles. The number of hydrogen-bond acceptors (Lipinski definition) is 4. The quantitative estimate of drug-likeness (QED) is 0.830. The van der Waals surface area contributed by atoms with Gasteiger partial charge in [0, 0.05) is 24.4 Å². The second-order valence-electron chi connectivity index (χ2n) is 4.78. The monoisotopic (exact) mass is 338 g/mol. The smallest absolute Gasteiger partial charge is 0.319 e. The molecule has 0 atom stereocenters. The van der Waals surface area contributed by atoms with Gasteiger partial charge in [0.25, 0.3) is 0 Å². The van der Waals surface area contributed by atoms with Crippen LogP contribution in [0, 0.1) is 0 Å². The molecule has 22 heavy (non-hydrogen) atoms. The van der Waals surface area contributed by atoms with Gasteiger partial charge in [0.05, 0.1) is 10.7 Å². The summed E-state index contributed by atoms with van der Waals surface area (Å²) < 4.78 is 5.53. The fraction of sp³-hybridized carbons (Fsp3) is 0.214. The van der Waals surface area contributed by atoms with Crippen molar-refractivity contribution in [2.45, 2.75) is 18.9 Å². The molecule has 1 fully saturated rings. The Morgan fingerprint density at radius 2 is 2.09 bits per heavy atom. The van der Waals surface area contributed by atoms with Gasteiger partial charge in [0.2, 0.25) is 11.2 Å². The van der Waals surface area contributed by atoms with Crippen molar-refractivity contribution in [1.29, 1.82) is 0 Å². The topological polar surface area (TPSA) is 76.1 Å². The summed E-state index contributed by atoms with van der Waals surface area (Å²) in [5.41, 5.74) is 0.507. The van der Waals surface area contributed by atoms with Gasteiger partial charge in [-0.25, -0.2) is 9.78 Å². The highest BCUT2D eigenvalue weighted by Crippen LogP contribution is 2.29. The van der Waals surface area contributed by atoms with Crippen molar-refractivity contribution in [3.05, 3.63) is 40.8 Å². The van der Waals surface area contributed by atoms with Crippen LogP contribution in [0.25, 0.3) is 0 Å². The molecule has 0 aliphatic heterocycles. The molecule has 1 aromatic carbocycles. The fourth-order valence-electron chi connectivity index (χ4n) is 1.73. The summed E-state index contributed by atoms with van der Waals surface area (Å²) in [6.07, 6.45) is 3.54. The van der Waals surface area contributed by atoms with Crippen molar-refractivity contribution in [2.24, 2.45) is 0 Å². The summed E-state index contributed by atoms with van der Waals surface area (Å²) in [5, 5.41) is 5.98. The summed E-state index contributed by atoms with van der Waals surface area (Å²) in [4.78, 5) is 19.4. The van der Waals surface area contributed by atoms with E-state index in [-0.39, 0.29) is 17.4 Å². The maximum Gasteiger partial charge on any atom is 0.319 e. The minimum atomic E-state index is -0.263. The van der Waals surface area contributed by atoms with Crippen LogP contribution in [0.2, 0.25) is 10.3 Å². The van der Waals surface area contributed by atoms with Crippen molar-refractivity contribution < 1.29 is 9.53 Å². The number of nitrogens with one attached hydrogen (secondary N) is 2. The molecule has 6 nitrogen and oxygen atoms in total. The third kappa shape index (κ3) is 3.99. The van der Waals surface area contributed by atoms with Crippen LogP contribution >= 0.6 is 23.2 Å². The molecule has 114 valence electrons. The van der Waals surface area contributed by atoms with Crippen LogP contribution in [-0.4, -0.2) is 22.0 Å². The molecule has 3 rings (SSSR count). The Kier molecular flexibility index (Phi) is 4.31. The van der Waals surface area contributed by atoms with Gasteiger partial charge in [0.15, 0.2) is 0 Å². The number of hydrogen-bond donors (Lipinski definition) is 2. The predicted molar refractivity (Wildman–Crippen MR) is 83.7 cm³/mol. The summed E-state index contributed by atoms with van der Waals surface area (Å²) in [6.45, 7) is 0. The van der Waals surface area contributed by atoms with E-state index in [1.54, 1.807) is 24.3 Å². The predicted octanol–water partition coefficient (Wildman–Crippen LogP) is 3.86. The minimum absolute atomic E-state index is 0.0960. The van der Waals surface area contributed by atoms with Gasteiger partial charge in [-0.15, -0.1) is 0 Å². The molecule has 2 amide bonds. The number of carbonyl (C=O) groups excluding carboxylic acids is 1. The number of nitrogens with zero attached hydrogens (tertiary/aromatic N) is 2. The van der Waals surface area contributed by atoms with E-state index in [9.17, 15) is 4.79 Å². The summed E-state index contributed by atoms with van der Waals surface area (Å²) >= 11 is 11.8. The molecular formula is C14H12Cl2N4O2. The van der Waals surface area contributed by atoms with E-state index < -0.39 is 0 Å². The lowest BCUT2D eigenvalue weighted by Crippen LogP contribution is -2.30. The van der Waals surface area contributed by atoms with E-state index in [0.717, 1.165) is 12.8 Å². The number of rotatable bonds is 4. The van der Waals surface area contributed by atoms with Gasteiger partial charge in [-0.3, -0.25) is 0 Å². The van der Waals surface area contributed by atoms with Gasteiger partial charge < -0.3 is 15.4 Å². The third-order valence-electron chi connectivity index (χ3n) is 2.92. The Labute approximate surface area is 136 Å². The second kappa shape index (κ2) is 6.37. The lowest BCUT2D eigenvalue weighted by atomic mass is 10.3. The number of aromatic nitrogens is 2. The molecule has 0 bridgehead atoms. The van der Waals surface area contributed by atoms with Crippen molar-refractivity contribution in [3.63, 3.8) is 0 Å². The first-order valence-electron chi connectivity index (χ1n) is 6.63. The lowest BCUT2D eigenvalue weighted by molar-refractivity contribution is 0.251. The van der Waals surface area contributed by atoms with Crippen LogP contribution in [0.15, 0.2) is 30.5 Å². The SMILES string of the molecule is O=C(Nc1ccc(Oc2ccnc(Cl)n2)cc1Cl)NC1CC1. The van der Waals surface area contributed by atoms with E-state index in [1.165, 1.54) is 6.20 Å². The number of halogens is 2. The molecule has 0 unspecified atom stereocenters. The van der Waals surface area contributed by atoms with Crippen molar-refractivity contribution in [3.8, 4) is 11.6 Å². The van der Waals surface area contributed by atoms with Crippen LogP contribution in [0.3, 0.4) is 0 Å². The Balaban J connectivity index is 1.67. The number of carbonyl (C=O) groups is 1. The van der Waals surface area contributed by atoms with E-state index in [4.69, 9.17) is 27.9 Å². The Morgan fingerprint density at radius 3 is 2.77 bits per heavy atom. The van der Waals surface area contributed by atoms with E-state index in [1.807, 2.05) is 0 Å². The second-order valence-corrected chi connectivity index (χ2v) is 5.53. The number of benzene rings is 1. The van der Waals surface area contributed by atoms with Gasteiger partial charge in [-0.2, -0.15) is 4.98 Å². The standard InChI is InChI=1S/C14H12Cl2N4O2/c15-10-7-9(22-12-5-6-17-13(16)20-12)3-4-11(10)19-14(21)18-8-1-2-8/h3-8H,1-2H2,(H2,18,19,21). The van der Waals surface area contributed by atoms with Crippen LogP contribution < -0.4 is 15.4 Å². The largest absolute Gasteiger partial charge is 0.439 e. The molecule has 2 N–H and O–H groups in total. The van der Waals surface area contributed by atoms with Crippen molar-refractivity contribution in [2.75, 3.05) is 5.32 Å². The Bertz CT molecular complexity index is 707. The lowest BCUT2D eigenvalue weighted by Gasteiger charge is -2.10. The zero-order valence-corrected chi connectivity index (χ0v) is 12.9. The highest BCUT2D eigenvalue weighted by molar-refractivity contribution is 6.33. The van der Waals surface area contributed by atoms with Gasteiger partial charge >= 0.3 is 6.03 Å². The Morgan fingerprint density at radius 1 is 1.27 bits per heavy atom. The van der Waals surface area contributed by atoms with Gasteiger partial charge in [-0.1, -0.05) is 11.6 Å². The van der Waals surface area contributed by atoms with Crippen molar-refractivity contribution in [1.82, 2.24) is 15.3 Å². The van der Waals surface area contributed by atoms with Crippen LogP contribution in [0.1, 0.15) is 12.8 Å². The first-order chi connectivity index (χ1) is 10.6. The molecule has 8 heteroatoms.